The van der Waals surface area contributed by atoms with Crippen molar-refractivity contribution in [2.45, 2.75) is 58.0 Å². The SMILES string of the molecule is CCC(C)NC(=O)C1CCCCCN1. The van der Waals surface area contributed by atoms with Crippen LogP contribution in [-0.4, -0.2) is 24.5 Å². The topological polar surface area (TPSA) is 41.1 Å². The van der Waals surface area contributed by atoms with Crippen molar-refractivity contribution in [2.24, 2.45) is 0 Å². The van der Waals surface area contributed by atoms with Gasteiger partial charge in [-0.05, 0) is 32.7 Å². The molecule has 2 unspecified atom stereocenters. The van der Waals surface area contributed by atoms with Gasteiger partial charge in [-0.25, -0.2) is 0 Å². The van der Waals surface area contributed by atoms with Gasteiger partial charge in [-0.1, -0.05) is 19.8 Å². The first-order valence-corrected chi connectivity index (χ1v) is 5.77. The van der Waals surface area contributed by atoms with Gasteiger partial charge in [0.25, 0.3) is 0 Å². The monoisotopic (exact) mass is 198 g/mol. The molecule has 0 saturated carbocycles. The van der Waals surface area contributed by atoms with Crippen molar-refractivity contribution >= 4 is 5.91 Å². The molecule has 1 saturated heterocycles. The summed E-state index contributed by atoms with van der Waals surface area (Å²) in [5.41, 5.74) is 0. The standard InChI is InChI=1S/C11H22N2O/c1-3-9(2)13-11(14)10-7-5-4-6-8-12-10/h9-10,12H,3-8H2,1-2H3,(H,13,14). The van der Waals surface area contributed by atoms with E-state index in [0.29, 0.717) is 6.04 Å². The second-order valence-corrected chi connectivity index (χ2v) is 4.17. The van der Waals surface area contributed by atoms with E-state index in [0.717, 1.165) is 19.4 Å². The molecule has 3 heteroatoms. The van der Waals surface area contributed by atoms with Crippen LogP contribution in [0.25, 0.3) is 0 Å². The third kappa shape index (κ3) is 3.66. The second kappa shape index (κ2) is 6.02. The lowest BCUT2D eigenvalue weighted by Gasteiger charge is -2.18. The number of hydrogen-bond acceptors (Lipinski definition) is 2. The molecule has 1 aliphatic rings. The number of carbonyl (C=O) groups excluding carboxylic acids is 1. The molecular weight excluding hydrogens is 176 g/mol. The average molecular weight is 198 g/mol. The van der Waals surface area contributed by atoms with Gasteiger partial charge in [0.2, 0.25) is 5.91 Å². The molecular formula is C11H22N2O. The van der Waals surface area contributed by atoms with Gasteiger partial charge in [-0.2, -0.15) is 0 Å². The van der Waals surface area contributed by atoms with E-state index < -0.39 is 0 Å². The van der Waals surface area contributed by atoms with Gasteiger partial charge in [0.05, 0.1) is 6.04 Å². The van der Waals surface area contributed by atoms with Crippen LogP contribution < -0.4 is 10.6 Å². The Morgan fingerprint density at radius 2 is 2.29 bits per heavy atom. The van der Waals surface area contributed by atoms with Crippen LogP contribution in [0, 0.1) is 0 Å². The van der Waals surface area contributed by atoms with Crippen LogP contribution in [0.3, 0.4) is 0 Å². The summed E-state index contributed by atoms with van der Waals surface area (Å²) in [6, 6.07) is 0.346. The first-order chi connectivity index (χ1) is 6.74. The molecule has 1 aliphatic heterocycles. The molecule has 0 aromatic carbocycles. The van der Waals surface area contributed by atoms with Gasteiger partial charge in [-0.3, -0.25) is 4.79 Å². The quantitative estimate of drug-likeness (QED) is 0.720. The van der Waals surface area contributed by atoms with E-state index in [4.69, 9.17) is 0 Å². The molecule has 0 radical (unpaired) electrons. The zero-order valence-electron chi connectivity index (χ0n) is 9.31. The van der Waals surface area contributed by atoms with Crippen molar-refractivity contribution in [1.82, 2.24) is 10.6 Å². The van der Waals surface area contributed by atoms with Gasteiger partial charge in [0, 0.05) is 6.04 Å². The van der Waals surface area contributed by atoms with E-state index in [1.807, 2.05) is 0 Å². The van der Waals surface area contributed by atoms with E-state index >= 15 is 0 Å². The molecule has 0 bridgehead atoms. The van der Waals surface area contributed by atoms with Gasteiger partial charge in [-0.15, -0.1) is 0 Å². The van der Waals surface area contributed by atoms with Crippen molar-refractivity contribution in [3.05, 3.63) is 0 Å². The molecule has 0 aliphatic carbocycles. The second-order valence-electron chi connectivity index (χ2n) is 4.17. The van der Waals surface area contributed by atoms with Crippen LogP contribution in [0.2, 0.25) is 0 Å². The highest BCUT2D eigenvalue weighted by Crippen LogP contribution is 2.08. The number of nitrogens with one attached hydrogen (secondary N) is 2. The van der Waals surface area contributed by atoms with E-state index in [1.165, 1.54) is 19.3 Å². The molecule has 2 N–H and O–H groups in total. The largest absolute Gasteiger partial charge is 0.352 e. The molecule has 0 aromatic heterocycles. The highest BCUT2D eigenvalue weighted by molar-refractivity contribution is 5.81. The minimum Gasteiger partial charge on any atom is -0.352 e. The normalized spacial score (nSPS) is 25.1. The van der Waals surface area contributed by atoms with E-state index in [9.17, 15) is 4.79 Å². The molecule has 14 heavy (non-hydrogen) atoms. The van der Waals surface area contributed by atoms with Crippen LogP contribution in [0.1, 0.15) is 46.0 Å². The maximum absolute atomic E-state index is 11.7. The zero-order chi connectivity index (χ0) is 10.4. The van der Waals surface area contributed by atoms with Crippen LogP contribution >= 0.6 is 0 Å². The Labute approximate surface area is 86.6 Å². The summed E-state index contributed by atoms with van der Waals surface area (Å²) in [7, 11) is 0. The van der Waals surface area contributed by atoms with Crippen LogP contribution in [-0.2, 0) is 4.79 Å². The molecule has 2 atom stereocenters. The van der Waals surface area contributed by atoms with Gasteiger partial charge < -0.3 is 10.6 Å². The van der Waals surface area contributed by atoms with Gasteiger partial charge in [0.15, 0.2) is 0 Å². The molecule has 1 fully saturated rings. The summed E-state index contributed by atoms with van der Waals surface area (Å²) in [5.74, 6) is 0.182. The van der Waals surface area contributed by atoms with Crippen molar-refractivity contribution in [3.63, 3.8) is 0 Å². The third-order valence-corrected chi connectivity index (χ3v) is 2.88. The first kappa shape index (κ1) is 11.5. The fourth-order valence-corrected chi connectivity index (χ4v) is 1.70. The summed E-state index contributed by atoms with van der Waals surface area (Å²) in [6.45, 7) is 5.12. The molecule has 1 rings (SSSR count). The molecule has 0 spiro atoms. The highest BCUT2D eigenvalue weighted by atomic mass is 16.2. The Bertz CT molecular complexity index is 174. The van der Waals surface area contributed by atoms with E-state index in [1.54, 1.807) is 0 Å². The molecule has 82 valence electrons. The fraction of sp³-hybridized carbons (Fsp3) is 0.909. The predicted molar refractivity (Wildman–Crippen MR) is 58.2 cm³/mol. The summed E-state index contributed by atoms with van der Waals surface area (Å²) < 4.78 is 0. The Balaban J connectivity index is 2.34. The summed E-state index contributed by atoms with van der Waals surface area (Å²) in [4.78, 5) is 11.7. The lowest BCUT2D eigenvalue weighted by molar-refractivity contribution is -0.123. The van der Waals surface area contributed by atoms with Gasteiger partial charge >= 0.3 is 0 Å². The Kier molecular flexibility index (Phi) is 4.94. The molecule has 1 heterocycles. The molecule has 1 amide bonds. The first-order valence-electron chi connectivity index (χ1n) is 5.77. The van der Waals surface area contributed by atoms with E-state index in [2.05, 4.69) is 24.5 Å². The number of carbonyl (C=O) groups is 1. The van der Waals surface area contributed by atoms with Gasteiger partial charge in [0.1, 0.15) is 0 Å². The lowest BCUT2D eigenvalue weighted by Crippen LogP contribution is -2.46. The molecule has 0 aromatic rings. The number of rotatable bonds is 3. The minimum absolute atomic E-state index is 0.0477. The summed E-state index contributed by atoms with van der Waals surface area (Å²) in [5, 5.41) is 6.32. The number of hydrogen-bond donors (Lipinski definition) is 2. The summed E-state index contributed by atoms with van der Waals surface area (Å²) >= 11 is 0. The maximum atomic E-state index is 11.7. The van der Waals surface area contributed by atoms with Crippen molar-refractivity contribution in [2.75, 3.05) is 6.54 Å². The van der Waals surface area contributed by atoms with Crippen molar-refractivity contribution < 1.29 is 4.79 Å². The molecule has 3 nitrogen and oxygen atoms in total. The predicted octanol–water partition coefficient (Wildman–Crippen LogP) is 1.43. The maximum Gasteiger partial charge on any atom is 0.237 e. The fourth-order valence-electron chi connectivity index (χ4n) is 1.70. The van der Waals surface area contributed by atoms with E-state index in [-0.39, 0.29) is 11.9 Å². The van der Waals surface area contributed by atoms with Crippen LogP contribution in [0.4, 0.5) is 0 Å². The Morgan fingerprint density at radius 3 is 3.00 bits per heavy atom. The average Bonchev–Trinajstić information content (AvgIpc) is 2.45. The zero-order valence-corrected chi connectivity index (χ0v) is 9.31. The van der Waals surface area contributed by atoms with Crippen molar-refractivity contribution in [3.8, 4) is 0 Å². The minimum atomic E-state index is 0.0477. The third-order valence-electron chi connectivity index (χ3n) is 2.88. The van der Waals surface area contributed by atoms with Crippen molar-refractivity contribution in [1.29, 1.82) is 0 Å². The lowest BCUT2D eigenvalue weighted by atomic mass is 10.1. The smallest absolute Gasteiger partial charge is 0.237 e. The Hall–Kier alpha value is -0.570. The number of amides is 1. The highest BCUT2D eigenvalue weighted by Gasteiger charge is 2.19. The Morgan fingerprint density at radius 1 is 1.50 bits per heavy atom. The summed E-state index contributed by atoms with van der Waals surface area (Å²) in [6.07, 6.45) is 5.61. The van der Waals surface area contributed by atoms with Crippen LogP contribution in [0.15, 0.2) is 0 Å². The van der Waals surface area contributed by atoms with Crippen LogP contribution in [0.5, 0.6) is 0 Å².